The molecule has 0 radical (unpaired) electrons. The molecule has 2 aromatic heterocycles. The van der Waals surface area contributed by atoms with Gasteiger partial charge in [0, 0.05) is 49.5 Å². The van der Waals surface area contributed by atoms with Gasteiger partial charge in [0.25, 0.3) is 0 Å². The number of hydrogen-bond donors (Lipinski definition) is 2. The molecule has 0 aliphatic heterocycles. The van der Waals surface area contributed by atoms with E-state index in [1.54, 1.807) is 11.3 Å². The van der Waals surface area contributed by atoms with Crippen LogP contribution in [0.1, 0.15) is 34.9 Å². The van der Waals surface area contributed by atoms with E-state index in [-0.39, 0.29) is 24.0 Å². The molecule has 2 aromatic rings. The van der Waals surface area contributed by atoms with Gasteiger partial charge in [-0.2, -0.15) is 0 Å². The molecule has 0 aliphatic rings. The minimum atomic E-state index is 0. The van der Waals surface area contributed by atoms with E-state index in [2.05, 4.69) is 52.4 Å². The zero-order valence-electron chi connectivity index (χ0n) is 15.2. The molecule has 0 amide bonds. The minimum Gasteiger partial charge on any atom is -0.357 e. The highest BCUT2D eigenvalue weighted by atomic mass is 127. The van der Waals surface area contributed by atoms with Crippen LogP contribution in [-0.4, -0.2) is 35.6 Å². The van der Waals surface area contributed by atoms with Gasteiger partial charge < -0.3 is 10.6 Å². The minimum absolute atomic E-state index is 0. The number of aromatic nitrogens is 2. The summed E-state index contributed by atoms with van der Waals surface area (Å²) in [4.78, 5) is 14.6. The standard InChI is InChI=1S/C18H27N5S.HI/c1-4-16-13-23-17(24-16)8-11-22-18(20-5-2)21-10-7-15-6-9-19-12-14(15)3;/h6,9,12-13H,4-5,7-8,10-11H2,1-3H3,(H2,20,21,22);1H. The first-order valence-electron chi connectivity index (χ1n) is 8.58. The van der Waals surface area contributed by atoms with Crippen LogP contribution in [0.15, 0.2) is 29.6 Å². The van der Waals surface area contributed by atoms with Crippen molar-refractivity contribution in [1.82, 2.24) is 20.6 Å². The van der Waals surface area contributed by atoms with Crippen LogP contribution in [0.5, 0.6) is 0 Å². The summed E-state index contributed by atoms with van der Waals surface area (Å²) in [6.45, 7) is 8.80. The highest BCUT2D eigenvalue weighted by Crippen LogP contribution is 2.13. The first kappa shape index (κ1) is 21.8. The zero-order valence-corrected chi connectivity index (χ0v) is 18.4. The molecule has 0 fully saturated rings. The molecule has 7 heteroatoms. The number of guanidine groups is 1. The summed E-state index contributed by atoms with van der Waals surface area (Å²) < 4.78 is 0. The molecule has 0 aliphatic carbocycles. The lowest BCUT2D eigenvalue weighted by atomic mass is 10.1. The second-order valence-corrected chi connectivity index (χ2v) is 6.76. The maximum Gasteiger partial charge on any atom is 0.191 e. The van der Waals surface area contributed by atoms with E-state index < -0.39 is 0 Å². The van der Waals surface area contributed by atoms with Gasteiger partial charge in [-0.05, 0) is 43.9 Å². The molecule has 0 saturated heterocycles. The number of hydrogen-bond acceptors (Lipinski definition) is 4. The third-order valence-corrected chi connectivity index (χ3v) is 4.91. The van der Waals surface area contributed by atoms with Crippen LogP contribution < -0.4 is 10.6 Å². The first-order chi connectivity index (χ1) is 11.7. The Bertz CT molecular complexity index is 656. The molecule has 0 aromatic carbocycles. The fourth-order valence-electron chi connectivity index (χ4n) is 2.33. The van der Waals surface area contributed by atoms with Crippen molar-refractivity contribution >= 4 is 41.3 Å². The van der Waals surface area contributed by atoms with Gasteiger partial charge in [-0.1, -0.05) is 6.92 Å². The molecule has 2 N–H and O–H groups in total. The molecule has 2 heterocycles. The van der Waals surface area contributed by atoms with E-state index in [4.69, 9.17) is 0 Å². The molecule has 0 atom stereocenters. The number of nitrogens with zero attached hydrogens (tertiary/aromatic N) is 3. The monoisotopic (exact) mass is 473 g/mol. The van der Waals surface area contributed by atoms with E-state index in [1.807, 2.05) is 18.6 Å². The molecule has 2 rings (SSSR count). The third-order valence-electron chi connectivity index (χ3n) is 3.71. The first-order valence-corrected chi connectivity index (χ1v) is 9.39. The Hall–Kier alpha value is -1.22. The number of aryl methyl sites for hydroxylation is 2. The van der Waals surface area contributed by atoms with E-state index in [0.717, 1.165) is 44.9 Å². The van der Waals surface area contributed by atoms with Crippen molar-refractivity contribution in [3.8, 4) is 0 Å². The van der Waals surface area contributed by atoms with Crippen molar-refractivity contribution in [2.24, 2.45) is 4.99 Å². The van der Waals surface area contributed by atoms with Gasteiger partial charge in [0.05, 0.1) is 5.01 Å². The Labute approximate surface area is 171 Å². The molecular weight excluding hydrogens is 445 g/mol. The van der Waals surface area contributed by atoms with Crippen LogP contribution in [0, 0.1) is 6.92 Å². The molecule has 0 unspecified atom stereocenters. The van der Waals surface area contributed by atoms with Gasteiger partial charge in [-0.15, -0.1) is 35.3 Å². The molecule has 138 valence electrons. The average molecular weight is 473 g/mol. The summed E-state index contributed by atoms with van der Waals surface area (Å²) in [5.74, 6) is 0.872. The highest BCUT2D eigenvalue weighted by molar-refractivity contribution is 14.0. The van der Waals surface area contributed by atoms with Crippen LogP contribution in [0.25, 0.3) is 0 Å². The highest BCUT2D eigenvalue weighted by Gasteiger charge is 2.02. The third kappa shape index (κ3) is 7.68. The number of nitrogens with one attached hydrogen (secondary N) is 2. The second kappa shape index (κ2) is 12.2. The lowest BCUT2D eigenvalue weighted by Gasteiger charge is -2.11. The van der Waals surface area contributed by atoms with E-state index >= 15 is 0 Å². The number of pyridine rings is 1. The average Bonchev–Trinajstić information content (AvgIpc) is 3.04. The number of halogens is 1. The van der Waals surface area contributed by atoms with Gasteiger partial charge in [0.2, 0.25) is 0 Å². The van der Waals surface area contributed by atoms with E-state index in [9.17, 15) is 0 Å². The van der Waals surface area contributed by atoms with Gasteiger partial charge in [0.1, 0.15) is 0 Å². The summed E-state index contributed by atoms with van der Waals surface area (Å²) >= 11 is 1.79. The summed E-state index contributed by atoms with van der Waals surface area (Å²) in [5, 5.41) is 7.86. The summed E-state index contributed by atoms with van der Waals surface area (Å²) in [6, 6.07) is 2.08. The smallest absolute Gasteiger partial charge is 0.191 e. The Kier molecular flexibility index (Phi) is 10.6. The second-order valence-electron chi connectivity index (χ2n) is 5.56. The van der Waals surface area contributed by atoms with Gasteiger partial charge in [-0.25, -0.2) is 4.98 Å². The van der Waals surface area contributed by atoms with Gasteiger partial charge in [0.15, 0.2) is 5.96 Å². The Morgan fingerprint density at radius 2 is 2.04 bits per heavy atom. The van der Waals surface area contributed by atoms with Crippen molar-refractivity contribution in [2.75, 3.05) is 19.6 Å². The maximum absolute atomic E-state index is 4.65. The quantitative estimate of drug-likeness (QED) is 0.351. The molecule has 0 spiro atoms. The van der Waals surface area contributed by atoms with Gasteiger partial charge in [-0.3, -0.25) is 9.98 Å². The molecule has 5 nitrogen and oxygen atoms in total. The fraction of sp³-hybridized carbons (Fsp3) is 0.500. The SMILES string of the molecule is CCNC(=NCCc1ncc(CC)s1)NCCc1ccncc1C.I. The topological polar surface area (TPSA) is 62.2 Å². The fourth-order valence-corrected chi connectivity index (χ4v) is 3.18. The summed E-state index contributed by atoms with van der Waals surface area (Å²) in [7, 11) is 0. The van der Waals surface area contributed by atoms with E-state index in [0.29, 0.717) is 0 Å². The molecule has 25 heavy (non-hydrogen) atoms. The Balaban J connectivity index is 0.00000312. The number of thiazole rings is 1. The Morgan fingerprint density at radius 1 is 1.20 bits per heavy atom. The van der Waals surface area contributed by atoms with Crippen LogP contribution in [0.2, 0.25) is 0 Å². The van der Waals surface area contributed by atoms with Gasteiger partial charge >= 0.3 is 0 Å². The summed E-state index contributed by atoms with van der Waals surface area (Å²) in [5.41, 5.74) is 2.56. The Morgan fingerprint density at radius 3 is 2.72 bits per heavy atom. The molecule has 0 saturated carbocycles. The van der Waals surface area contributed by atoms with Crippen molar-refractivity contribution in [2.45, 2.75) is 40.0 Å². The number of rotatable bonds is 8. The lowest BCUT2D eigenvalue weighted by molar-refractivity contribution is 0.793. The van der Waals surface area contributed by atoms with E-state index in [1.165, 1.54) is 21.0 Å². The zero-order chi connectivity index (χ0) is 17.2. The van der Waals surface area contributed by atoms with Crippen LogP contribution >= 0.6 is 35.3 Å². The summed E-state index contributed by atoms with van der Waals surface area (Å²) in [6.07, 6.45) is 8.65. The lowest BCUT2D eigenvalue weighted by Crippen LogP contribution is -2.38. The van der Waals surface area contributed by atoms with Crippen molar-refractivity contribution in [1.29, 1.82) is 0 Å². The van der Waals surface area contributed by atoms with Crippen molar-refractivity contribution in [3.63, 3.8) is 0 Å². The largest absolute Gasteiger partial charge is 0.357 e. The van der Waals surface area contributed by atoms with Crippen LogP contribution in [0.3, 0.4) is 0 Å². The maximum atomic E-state index is 4.65. The van der Waals surface area contributed by atoms with Crippen LogP contribution in [0.4, 0.5) is 0 Å². The normalized spacial score (nSPS) is 11.1. The van der Waals surface area contributed by atoms with Crippen LogP contribution in [-0.2, 0) is 19.3 Å². The number of aliphatic imine (C=N–C) groups is 1. The molecule has 0 bridgehead atoms. The predicted molar refractivity (Wildman–Crippen MR) is 117 cm³/mol. The van der Waals surface area contributed by atoms with Crippen molar-refractivity contribution in [3.05, 3.63) is 45.7 Å². The molecular formula is C18H28IN5S. The van der Waals surface area contributed by atoms with Crippen molar-refractivity contribution < 1.29 is 0 Å². The predicted octanol–water partition coefficient (Wildman–Crippen LogP) is 3.37.